The maximum atomic E-state index is 10.6. The van der Waals surface area contributed by atoms with Crippen LogP contribution in [0.1, 0.15) is 68.7 Å². The number of para-hydroxylation sites is 1. The molecular weight excluding hydrogens is 380 g/mol. The summed E-state index contributed by atoms with van der Waals surface area (Å²) >= 11 is 1.78. The molecule has 0 spiro atoms. The molecule has 1 atom stereocenters. The lowest BCUT2D eigenvalue weighted by Crippen LogP contribution is -2.24. The number of carbonyl (C=O) groups is 1. The van der Waals surface area contributed by atoms with Crippen LogP contribution in [0.25, 0.3) is 0 Å². The maximum Gasteiger partial charge on any atom is 0.303 e. The topological polar surface area (TPSA) is 52.6 Å². The predicted molar refractivity (Wildman–Crippen MR) is 124 cm³/mol. The van der Waals surface area contributed by atoms with Gasteiger partial charge in [0, 0.05) is 18.4 Å². The number of carboxylic acids is 1. The molecule has 0 saturated heterocycles. The molecule has 1 aliphatic heterocycles. The average molecular weight is 415 g/mol. The highest BCUT2D eigenvalue weighted by atomic mass is 32.2. The van der Waals surface area contributed by atoms with Gasteiger partial charge < -0.3 is 14.7 Å². The molecule has 0 aromatic heterocycles. The molecule has 5 heteroatoms. The summed E-state index contributed by atoms with van der Waals surface area (Å²) in [6.07, 6.45) is 4.14. The minimum atomic E-state index is -0.697. The molecule has 0 aliphatic carbocycles. The van der Waals surface area contributed by atoms with Crippen molar-refractivity contribution in [3.63, 3.8) is 0 Å². The molecule has 2 aromatic rings. The van der Waals surface area contributed by atoms with E-state index in [1.807, 2.05) is 13.8 Å². The Kier molecular flexibility index (Phi) is 9.55. The van der Waals surface area contributed by atoms with Gasteiger partial charge in [-0.3, -0.25) is 4.79 Å². The Hall–Kier alpha value is -1.98. The first-order chi connectivity index (χ1) is 14.1. The second kappa shape index (κ2) is 11.9. The highest BCUT2D eigenvalue weighted by Crippen LogP contribution is 2.43. The molecule has 0 fully saturated rings. The zero-order valence-electron chi connectivity index (χ0n) is 18.1. The van der Waals surface area contributed by atoms with Crippen molar-refractivity contribution < 1.29 is 9.90 Å². The van der Waals surface area contributed by atoms with Crippen molar-refractivity contribution in [1.82, 2.24) is 5.32 Å². The van der Waals surface area contributed by atoms with E-state index in [2.05, 4.69) is 66.1 Å². The quantitative estimate of drug-likeness (QED) is 0.398. The summed E-state index contributed by atoms with van der Waals surface area (Å²) in [5.41, 5.74) is 5.15. The second-order valence-electron chi connectivity index (χ2n) is 7.13. The van der Waals surface area contributed by atoms with E-state index in [1.54, 1.807) is 11.9 Å². The number of nitrogens with zero attached hydrogens (tertiary/aromatic N) is 1. The molecule has 1 heterocycles. The van der Waals surface area contributed by atoms with E-state index < -0.39 is 5.97 Å². The van der Waals surface area contributed by atoms with Crippen molar-refractivity contribution in [2.24, 2.45) is 0 Å². The fourth-order valence-electron chi connectivity index (χ4n) is 3.56. The summed E-state index contributed by atoms with van der Waals surface area (Å²) in [5.74, 6) is -0.697. The number of rotatable bonds is 8. The average Bonchev–Trinajstić information content (AvgIpc) is 2.83. The van der Waals surface area contributed by atoms with E-state index in [0.29, 0.717) is 0 Å². The number of aryl methyl sites for hydroxylation is 1. The van der Waals surface area contributed by atoms with Crippen LogP contribution in [-0.2, 0) is 4.79 Å². The van der Waals surface area contributed by atoms with Crippen LogP contribution < -0.4 is 9.62 Å². The zero-order valence-corrected chi connectivity index (χ0v) is 18.9. The lowest BCUT2D eigenvalue weighted by atomic mass is 9.96. The van der Waals surface area contributed by atoms with E-state index >= 15 is 0 Å². The Labute approximate surface area is 179 Å². The first-order valence-corrected chi connectivity index (χ1v) is 11.4. The highest BCUT2D eigenvalue weighted by molar-refractivity contribution is 8.00. The standard InChI is InChI=1S/C22H28N2O2S.C2H6/c1-16-12-13-18-20(15-16)27-24(2)19-10-7-6-9-17(19)22(18)23-14-8-4-3-5-11-21(25)26;1-2/h6-7,9-10,12-13,15,22-23H,3-5,8,11,14H2,1-2H3,(H,25,26);1-2H3. The normalized spacial score (nSPS) is 14.9. The Balaban J connectivity index is 0.00000145. The van der Waals surface area contributed by atoms with Crippen molar-refractivity contribution in [3.05, 3.63) is 59.2 Å². The number of carboxylic acid groups (broad SMARTS) is 1. The van der Waals surface area contributed by atoms with Gasteiger partial charge in [-0.1, -0.05) is 57.0 Å². The first kappa shape index (κ1) is 23.3. The van der Waals surface area contributed by atoms with E-state index in [9.17, 15) is 4.79 Å². The van der Waals surface area contributed by atoms with Crippen LogP contribution >= 0.6 is 11.9 Å². The Morgan fingerprint density at radius 2 is 1.79 bits per heavy atom. The number of hydrogen-bond acceptors (Lipinski definition) is 4. The molecule has 1 unspecified atom stereocenters. The number of unbranched alkanes of at least 4 members (excludes halogenated alkanes) is 3. The van der Waals surface area contributed by atoms with Gasteiger partial charge in [0.2, 0.25) is 0 Å². The van der Waals surface area contributed by atoms with Crippen LogP contribution in [0, 0.1) is 6.92 Å². The molecule has 0 bridgehead atoms. The van der Waals surface area contributed by atoms with Crippen LogP contribution in [0.15, 0.2) is 47.4 Å². The third kappa shape index (κ3) is 6.51. The smallest absolute Gasteiger partial charge is 0.303 e. The van der Waals surface area contributed by atoms with Crippen molar-refractivity contribution >= 4 is 23.6 Å². The summed E-state index contributed by atoms with van der Waals surface area (Å²) in [6.45, 7) is 7.06. The minimum absolute atomic E-state index is 0.174. The highest BCUT2D eigenvalue weighted by Gasteiger charge is 2.26. The molecule has 4 nitrogen and oxygen atoms in total. The van der Waals surface area contributed by atoms with Crippen molar-refractivity contribution in [3.8, 4) is 0 Å². The summed E-state index contributed by atoms with van der Waals surface area (Å²) in [5, 5.41) is 12.5. The number of nitrogens with one attached hydrogen (secondary N) is 1. The largest absolute Gasteiger partial charge is 0.481 e. The van der Waals surface area contributed by atoms with Crippen LogP contribution in [-0.4, -0.2) is 24.7 Å². The molecular formula is C24H34N2O2S. The molecule has 29 heavy (non-hydrogen) atoms. The van der Waals surface area contributed by atoms with Crippen LogP contribution in [0.2, 0.25) is 0 Å². The van der Waals surface area contributed by atoms with Gasteiger partial charge >= 0.3 is 5.97 Å². The Morgan fingerprint density at radius 3 is 2.55 bits per heavy atom. The van der Waals surface area contributed by atoms with Gasteiger partial charge in [0.15, 0.2) is 0 Å². The van der Waals surface area contributed by atoms with E-state index in [4.69, 9.17) is 5.11 Å². The molecule has 0 amide bonds. The van der Waals surface area contributed by atoms with Gasteiger partial charge in [0.25, 0.3) is 0 Å². The van der Waals surface area contributed by atoms with Gasteiger partial charge in [-0.2, -0.15) is 0 Å². The Bertz CT molecular complexity index is 794. The monoisotopic (exact) mass is 414 g/mol. The van der Waals surface area contributed by atoms with Gasteiger partial charge in [-0.05, 0) is 67.1 Å². The lowest BCUT2D eigenvalue weighted by molar-refractivity contribution is -0.137. The van der Waals surface area contributed by atoms with Crippen molar-refractivity contribution in [2.45, 2.75) is 63.8 Å². The number of fused-ring (bicyclic) bond motifs is 2. The third-order valence-electron chi connectivity index (χ3n) is 4.97. The van der Waals surface area contributed by atoms with Crippen molar-refractivity contribution in [2.75, 3.05) is 17.9 Å². The lowest BCUT2D eigenvalue weighted by Gasteiger charge is -2.22. The van der Waals surface area contributed by atoms with E-state index in [1.165, 1.54) is 27.3 Å². The number of aliphatic carboxylic acids is 1. The van der Waals surface area contributed by atoms with Gasteiger partial charge in [0.05, 0.1) is 11.7 Å². The van der Waals surface area contributed by atoms with Gasteiger partial charge in [-0.15, -0.1) is 0 Å². The summed E-state index contributed by atoms with van der Waals surface area (Å²) in [6, 6.07) is 15.5. The maximum absolute atomic E-state index is 10.6. The summed E-state index contributed by atoms with van der Waals surface area (Å²) < 4.78 is 2.25. The third-order valence-corrected chi connectivity index (χ3v) is 5.99. The molecule has 3 rings (SSSR count). The summed E-state index contributed by atoms with van der Waals surface area (Å²) in [7, 11) is 2.13. The van der Waals surface area contributed by atoms with Gasteiger partial charge in [-0.25, -0.2) is 0 Å². The Morgan fingerprint density at radius 1 is 1.07 bits per heavy atom. The number of anilines is 1. The number of benzene rings is 2. The zero-order chi connectivity index (χ0) is 21.2. The molecule has 1 aliphatic rings. The van der Waals surface area contributed by atoms with Crippen LogP contribution in [0.4, 0.5) is 5.69 Å². The fourth-order valence-corrected chi connectivity index (χ4v) is 4.65. The number of hydrogen-bond donors (Lipinski definition) is 2. The SMILES string of the molecule is CC.Cc1ccc2c(c1)SN(C)c1ccccc1C2NCCCCCCC(=O)O. The van der Waals surface area contributed by atoms with Crippen LogP contribution in [0.5, 0.6) is 0 Å². The van der Waals surface area contributed by atoms with E-state index in [-0.39, 0.29) is 12.5 Å². The van der Waals surface area contributed by atoms with Gasteiger partial charge in [0.1, 0.15) is 0 Å². The predicted octanol–water partition coefficient (Wildman–Crippen LogP) is 6.19. The van der Waals surface area contributed by atoms with Crippen LogP contribution in [0.3, 0.4) is 0 Å². The molecule has 2 N–H and O–H groups in total. The van der Waals surface area contributed by atoms with E-state index in [0.717, 1.165) is 32.2 Å². The summed E-state index contributed by atoms with van der Waals surface area (Å²) in [4.78, 5) is 11.9. The molecule has 158 valence electrons. The molecule has 2 aromatic carbocycles. The second-order valence-corrected chi connectivity index (χ2v) is 8.30. The molecule has 0 saturated carbocycles. The van der Waals surface area contributed by atoms with Crippen molar-refractivity contribution in [1.29, 1.82) is 0 Å². The fraction of sp³-hybridized carbons (Fsp3) is 0.458. The first-order valence-electron chi connectivity index (χ1n) is 10.6. The molecule has 0 radical (unpaired) electrons. The minimum Gasteiger partial charge on any atom is -0.481 e.